The van der Waals surface area contributed by atoms with Crippen molar-refractivity contribution in [3.8, 4) is 11.4 Å². The van der Waals surface area contributed by atoms with E-state index >= 15 is 0 Å². The molecule has 1 aromatic heterocycles. The van der Waals surface area contributed by atoms with Gasteiger partial charge in [-0.1, -0.05) is 42.5 Å². The van der Waals surface area contributed by atoms with E-state index in [0.29, 0.717) is 29.7 Å². The smallest absolute Gasteiger partial charge is 0.416 e. The number of aliphatic carboxylic acids is 1. The Morgan fingerprint density at radius 3 is 2.56 bits per heavy atom. The van der Waals surface area contributed by atoms with Crippen molar-refractivity contribution in [3.05, 3.63) is 90.0 Å². The van der Waals surface area contributed by atoms with Crippen LogP contribution in [0.5, 0.6) is 0 Å². The summed E-state index contributed by atoms with van der Waals surface area (Å²) in [5.41, 5.74) is 0.895. The van der Waals surface area contributed by atoms with Gasteiger partial charge in [-0.05, 0) is 42.8 Å². The maximum Gasteiger partial charge on any atom is 0.416 e. The zero-order valence-electron chi connectivity index (χ0n) is 18.0. The van der Waals surface area contributed by atoms with Gasteiger partial charge in [-0.25, -0.2) is 9.97 Å². The van der Waals surface area contributed by atoms with E-state index in [1.165, 1.54) is 12.1 Å². The zero-order chi connectivity index (χ0) is 24.1. The van der Waals surface area contributed by atoms with Crippen molar-refractivity contribution in [3.63, 3.8) is 0 Å². The Morgan fingerprint density at radius 2 is 1.82 bits per heavy atom. The van der Waals surface area contributed by atoms with Crippen LogP contribution >= 0.6 is 0 Å². The number of carboxylic acids is 1. The molecule has 1 N–H and O–H groups in total. The molecule has 1 heterocycles. The summed E-state index contributed by atoms with van der Waals surface area (Å²) in [6.45, 7) is 0.611. The standard InChI is InChI=1S/C26H20F3N3O2/c27-26(28,29)20-10-6-9-19(17-20)24-30-22-12-5-4-11-21(22)25(31-24)32(16-14-23(33)34)15-13-18-7-2-1-3-8-18/h1-2,4-7,9-12,17H,13-16H2,(H,33,34). The summed E-state index contributed by atoms with van der Waals surface area (Å²) in [7, 11) is 0. The summed E-state index contributed by atoms with van der Waals surface area (Å²) < 4.78 is 39.8. The van der Waals surface area contributed by atoms with Crippen molar-refractivity contribution in [2.45, 2.75) is 19.0 Å². The van der Waals surface area contributed by atoms with Crippen molar-refractivity contribution in [1.29, 1.82) is 0 Å². The second-order valence-electron chi connectivity index (χ2n) is 7.67. The zero-order valence-corrected chi connectivity index (χ0v) is 18.0. The Kier molecular flexibility index (Phi) is 6.64. The van der Waals surface area contributed by atoms with Gasteiger partial charge in [0.15, 0.2) is 5.82 Å². The van der Waals surface area contributed by atoms with Crippen molar-refractivity contribution < 1.29 is 23.1 Å². The first-order valence-corrected chi connectivity index (χ1v) is 10.6. The van der Waals surface area contributed by atoms with Crippen molar-refractivity contribution in [2.24, 2.45) is 0 Å². The molecule has 0 saturated carbocycles. The summed E-state index contributed by atoms with van der Waals surface area (Å²) in [6, 6.07) is 23.4. The van der Waals surface area contributed by atoms with Gasteiger partial charge >= 0.3 is 12.1 Å². The highest BCUT2D eigenvalue weighted by Gasteiger charge is 2.30. The molecule has 0 fully saturated rings. The number of benzene rings is 2. The lowest BCUT2D eigenvalue weighted by Gasteiger charge is -2.25. The number of para-hydroxylation sites is 1. The largest absolute Gasteiger partial charge is 0.481 e. The average molecular weight is 463 g/mol. The molecule has 0 amide bonds. The Morgan fingerprint density at radius 1 is 1.00 bits per heavy atom. The highest BCUT2D eigenvalue weighted by atomic mass is 19.4. The number of alkyl halides is 3. The van der Waals surface area contributed by atoms with Crippen LogP contribution in [-0.2, 0) is 17.4 Å². The molecular weight excluding hydrogens is 443 g/mol. The summed E-state index contributed by atoms with van der Waals surface area (Å²) in [5, 5.41) is 9.96. The normalized spacial score (nSPS) is 11.3. The lowest BCUT2D eigenvalue weighted by Crippen LogP contribution is -2.29. The number of halogens is 3. The van der Waals surface area contributed by atoms with Crippen LogP contribution in [0.25, 0.3) is 22.3 Å². The van der Waals surface area contributed by atoms with E-state index < -0.39 is 17.7 Å². The molecule has 3 aromatic carbocycles. The predicted molar refractivity (Wildman–Crippen MR) is 122 cm³/mol. The van der Waals surface area contributed by atoms with Crippen molar-refractivity contribution in [1.82, 2.24) is 9.97 Å². The minimum absolute atomic E-state index is 0.123. The average Bonchev–Trinajstić information content (AvgIpc) is 2.83. The van der Waals surface area contributed by atoms with E-state index in [2.05, 4.69) is 22.1 Å². The van der Waals surface area contributed by atoms with E-state index in [1.807, 2.05) is 29.2 Å². The van der Waals surface area contributed by atoms with Gasteiger partial charge < -0.3 is 10.0 Å². The highest BCUT2D eigenvalue weighted by molar-refractivity contribution is 5.91. The van der Waals surface area contributed by atoms with E-state index in [-0.39, 0.29) is 24.4 Å². The van der Waals surface area contributed by atoms with E-state index in [4.69, 9.17) is 0 Å². The summed E-state index contributed by atoms with van der Waals surface area (Å²) in [5.74, 6) is -0.347. The maximum absolute atomic E-state index is 13.3. The molecule has 0 unspecified atom stereocenters. The molecular formula is C26H20F3N3O2. The molecule has 0 aliphatic rings. The second-order valence-corrected chi connectivity index (χ2v) is 7.67. The van der Waals surface area contributed by atoms with Gasteiger partial charge in [-0.3, -0.25) is 4.79 Å². The number of hydrogen-bond donors (Lipinski definition) is 1. The number of rotatable bonds is 8. The number of nitrogens with zero attached hydrogens (tertiary/aromatic N) is 3. The van der Waals surface area contributed by atoms with Crippen molar-refractivity contribution in [2.75, 3.05) is 18.0 Å². The van der Waals surface area contributed by atoms with E-state index in [0.717, 1.165) is 17.7 Å². The van der Waals surface area contributed by atoms with Crippen LogP contribution in [0.3, 0.4) is 0 Å². The number of anilines is 1. The first-order valence-electron chi connectivity index (χ1n) is 10.6. The van der Waals surface area contributed by atoms with Crippen LogP contribution < -0.4 is 4.90 Å². The lowest BCUT2D eigenvalue weighted by molar-refractivity contribution is -0.138. The van der Waals surface area contributed by atoms with Gasteiger partial charge in [-0.2, -0.15) is 13.2 Å². The number of aromatic nitrogens is 2. The van der Waals surface area contributed by atoms with Gasteiger partial charge in [0, 0.05) is 29.6 Å². The Balaban J connectivity index is 1.78. The van der Waals surface area contributed by atoms with Crippen LogP contribution in [0.4, 0.5) is 19.0 Å². The minimum Gasteiger partial charge on any atom is -0.481 e. The van der Waals surface area contributed by atoms with Gasteiger partial charge in [0.05, 0.1) is 17.5 Å². The SMILES string of the molecule is O=C(O)CCN(CCc1c#cccc1)c1nc(-c2cccc(C(F)(F)F)c2)nc2ccccc12. The fourth-order valence-electron chi connectivity index (χ4n) is 3.61. The quantitative estimate of drug-likeness (QED) is 0.377. The second kappa shape index (κ2) is 9.79. The molecule has 34 heavy (non-hydrogen) atoms. The van der Waals surface area contributed by atoms with Gasteiger partial charge in [0.2, 0.25) is 0 Å². The molecule has 4 rings (SSSR count). The molecule has 8 heteroatoms. The van der Waals surface area contributed by atoms with Crippen LogP contribution in [0.1, 0.15) is 17.5 Å². The Bertz CT molecular complexity index is 1290. The first kappa shape index (κ1) is 23.1. The molecule has 4 aromatic rings. The van der Waals surface area contributed by atoms with Crippen molar-refractivity contribution >= 4 is 22.7 Å². The molecule has 0 radical (unpaired) electrons. The Hall–Kier alpha value is -4.12. The molecule has 0 spiro atoms. The molecule has 0 atom stereocenters. The third-order valence-electron chi connectivity index (χ3n) is 5.29. The number of carboxylic acid groups (broad SMARTS) is 1. The number of hydrogen-bond acceptors (Lipinski definition) is 4. The maximum atomic E-state index is 13.3. The molecule has 0 aliphatic heterocycles. The Labute approximate surface area is 194 Å². The summed E-state index contributed by atoms with van der Waals surface area (Å²) in [6.07, 6.45) is -4.05. The van der Waals surface area contributed by atoms with Gasteiger partial charge in [-0.15, -0.1) is 0 Å². The van der Waals surface area contributed by atoms with Crippen LogP contribution in [-0.4, -0.2) is 34.1 Å². The number of fused-ring (bicyclic) bond motifs is 1. The summed E-state index contributed by atoms with van der Waals surface area (Å²) in [4.78, 5) is 22.3. The summed E-state index contributed by atoms with van der Waals surface area (Å²) >= 11 is 0. The molecule has 0 aliphatic carbocycles. The molecule has 0 saturated heterocycles. The third-order valence-corrected chi connectivity index (χ3v) is 5.29. The number of carbonyl (C=O) groups is 1. The molecule has 5 nitrogen and oxygen atoms in total. The third kappa shape index (κ3) is 5.44. The van der Waals surface area contributed by atoms with Crippen LogP contribution in [0.15, 0.2) is 66.7 Å². The van der Waals surface area contributed by atoms with E-state index in [9.17, 15) is 23.1 Å². The van der Waals surface area contributed by atoms with Gasteiger partial charge in [0.25, 0.3) is 0 Å². The molecule has 172 valence electrons. The first-order chi connectivity index (χ1) is 16.3. The highest BCUT2D eigenvalue weighted by Crippen LogP contribution is 2.33. The van der Waals surface area contributed by atoms with Crippen LogP contribution in [0.2, 0.25) is 0 Å². The topological polar surface area (TPSA) is 66.3 Å². The van der Waals surface area contributed by atoms with Crippen LogP contribution in [0, 0.1) is 12.1 Å². The monoisotopic (exact) mass is 463 g/mol. The fourth-order valence-corrected chi connectivity index (χ4v) is 3.61. The van der Waals surface area contributed by atoms with E-state index in [1.54, 1.807) is 18.2 Å². The predicted octanol–water partition coefficient (Wildman–Crippen LogP) is 5.44. The minimum atomic E-state index is -4.49. The lowest BCUT2D eigenvalue weighted by atomic mass is 10.1. The molecule has 0 bridgehead atoms. The fraction of sp³-hybridized carbons (Fsp3) is 0.192. The van der Waals surface area contributed by atoms with Gasteiger partial charge in [0.1, 0.15) is 5.82 Å².